The Morgan fingerprint density at radius 3 is 2.56 bits per heavy atom. The van der Waals surface area contributed by atoms with Crippen LogP contribution in [0.2, 0.25) is 0 Å². The lowest BCUT2D eigenvalue weighted by Gasteiger charge is -2.22. The van der Waals surface area contributed by atoms with Crippen LogP contribution < -0.4 is 5.32 Å². The highest BCUT2D eigenvalue weighted by atomic mass is 19.1. The number of carbonyl (C=O) groups is 1. The smallest absolute Gasteiger partial charge is 0.408 e. The molecular formula is C14H20FNO2. The van der Waals surface area contributed by atoms with Gasteiger partial charge in [0.15, 0.2) is 0 Å². The predicted molar refractivity (Wildman–Crippen MR) is 68.9 cm³/mol. The number of hydrogen-bond donors (Lipinski definition) is 1. The maximum absolute atomic E-state index is 13.8. The van der Waals surface area contributed by atoms with Crippen LogP contribution in [-0.2, 0) is 4.74 Å². The molecular weight excluding hydrogens is 233 g/mol. The highest BCUT2D eigenvalue weighted by Crippen LogP contribution is 2.19. The second kappa shape index (κ2) is 5.38. The number of alkyl carbamates (subject to hydrolysis) is 1. The molecule has 0 aliphatic carbocycles. The number of rotatable bonds is 2. The molecule has 0 unspecified atom stereocenters. The summed E-state index contributed by atoms with van der Waals surface area (Å²) >= 11 is 0. The van der Waals surface area contributed by atoms with Crippen LogP contribution in [0.5, 0.6) is 0 Å². The van der Waals surface area contributed by atoms with Crippen LogP contribution in [0, 0.1) is 12.7 Å². The van der Waals surface area contributed by atoms with Crippen molar-refractivity contribution in [2.45, 2.75) is 46.3 Å². The maximum atomic E-state index is 13.8. The Labute approximate surface area is 107 Å². The van der Waals surface area contributed by atoms with Crippen LogP contribution >= 0.6 is 0 Å². The van der Waals surface area contributed by atoms with Gasteiger partial charge in [-0.25, -0.2) is 9.18 Å². The zero-order valence-corrected chi connectivity index (χ0v) is 11.5. The second-order valence-corrected chi connectivity index (χ2v) is 5.35. The lowest BCUT2D eigenvalue weighted by molar-refractivity contribution is 0.0507. The summed E-state index contributed by atoms with van der Waals surface area (Å²) in [5.74, 6) is -0.291. The Kier molecular flexibility index (Phi) is 4.33. The third-order valence-electron chi connectivity index (χ3n) is 2.42. The SMILES string of the molecule is Cc1cccc([C@@H](C)NC(=O)OC(C)(C)C)c1F. The second-order valence-electron chi connectivity index (χ2n) is 5.35. The minimum Gasteiger partial charge on any atom is -0.444 e. The molecule has 3 nitrogen and oxygen atoms in total. The molecule has 0 spiro atoms. The van der Waals surface area contributed by atoms with Gasteiger partial charge in [0.05, 0.1) is 6.04 Å². The Balaban J connectivity index is 2.74. The molecule has 0 aromatic heterocycles. The molecule has 1 rings (SSSR count). The van der Waals surface area contributed by atoms with Crippen LogP contribution in [0.15, 0.2) is 18.2 Å². The van der Waals surface area contributed by atoms with Crippen molar-refractivity contribution < 1.29 is 13.9 Å². The van der Waals surface area contributed by atoms with E-state index in [4.69, 9.17) is 4.74 Å². The minimum atomic E-state index is -0.561. The summed E-state index contributed by atoms with van der Waals surface area (Å²) in [6.45, 7) is 8.76. The zero-order valence-electron chi connectivity index (χ0n) is 11.5. The fourth-order valence-electron chi connectivity index (χ4n) is 1.57. The Morgan fingerprint density at radius 2 is 2.00 bits per heavy atom. The summed E-state index contributed by atoms with van der Waals surface area (Å²) < 4.78 is 19.0. The lowest BCUT2D eigenvalue weighted by atomic mass is 10.0. The molecule has 1 amide bonds. The third kappa shape index (κ3) is 4.02. The van der Waals surface area contributed by atoms with E-state index in [0.717, 1.165) is 0 Å². The van der Waals surface area contributed by atoms with Crippen molar-refractivity contribution in [2.24, 2.45) is 0 Å². The fraction of sp³-hybridized carbons (Fsp3) is 0.500. The van der Waals surface area contributed by atoms with Crippen LogP contribution in [0.4, 0.5) is 9.18 Å². The monoisotopic (exact) mass is 253 g/mol. The van der Waals surface area contributed by atoms with Gasteiger partial charge in [-0.05, 0) is 40.2 Å². The molecule has 0 radical (unpaired) electrons. The van der Waals surface area contributed by atoms with Gasteiger partial charge in [-0.15, -0.1) is 0 Å². The molecule has 100 valence electrons. The normalized spacial score (nSPS) is 13.0. The van der Waals surface area contributed by atoms with Crippen molar-refractivity contribution in [3.63, 3.8) is 0 Å². The number of nitrogens with one attached hydrogen (secondary N) is 1. The first-order chi connectivity index (χ1) is 8.20. The summed E-state index contributed by atoms with van der Waals surface area (Å²) in [6, 6.07) is 4.68. The molecule has 0 saturated heterocycles. The van der Waals surface area contributed by atoms with Gasteiger partial charge in [-0.1, -0.05) is 18.2 Å². The van der Waals surface area contributed by atoms with Gasteiger partial charge < -0.3 is 10.1 Å². The number of ether oxygens (including phenoxy) is 1. The highest BCUT2D eigenvalue weighted by Gasteiger charge is 2.19. The highest BCUT2D eigenvalue weighted by molar-refractivity contribution is 5.68. The largest absolute Gasteiger partial charge is 0.444 e. The first-order valence-corrected chi connectivity index (χ1v) is 5.95. The quantitative estimate of drug-likeness (QED) is 0.872. The summed E-state index contributed by atoms with van der Waals surface area (Å²) in [7, 11) is 0. The predicted octanol–water partition coefficient (Wildman–Crippen LogP) is 3.72. The van der Waals surface area contributed by atoms with E-state index in [1.54, 1.807) is 52.8 Å². The zero-order chi connectivity index (χ0) is 13.9. The fourth-order valence-corrected chi connectivity index (χ4v) is 1.57. The minimum absolute atomic E-state index is 0.291. The molecule has 0 bridgehead atoms. The van der Waals surface area contributed by atoms with Gasteiger partial charge in [0.1, 0.15) is 11.4 Å². The van der Waals surface area contributed by atoms with E-state index in [1.807, 2.05) is 0 Å². The van der Waals surface area contributed by atoms with E-state index < -0.39 is 17.7 Å². The van der Waals surface area contributed by atoms with E-state index in [2.05, 4.69) is 5.32 Å². The van der Waals surface area contributed by atoms with Gasteiger partial charge in [0.25, 0.3) is 0 Å². The Bertz CT molecular complexity index is 438. The van der Waals surface area contributed by atoms with Crippen molar-refractivity contribution in [1.82, 2.24) is 5.32 Å². The summed E-state index contributed by atoms with van der Waals surface area (Å²) in [6.07, 6.45) is -0.545. The molecule has 0 heterocycles. The molecule has 0 fully saturated rings. The van der Waals surface area contributed by atoms with E-state index >= 15 is 0 Å². The topological polar surface area (TPSA) is 38.3 Å². The summed E-state index contributed by atoms with van der Waals surface area (Å²) in [4.78, 5) is 11.6. The number of halogens is 1. The molecule has 18 heavy (non-hydrogen) atoms. The van der Waals surface area contributed by atoms with Crippen molar-refractivity contribution in [3.8, 4) is 0 Å². The standard InChI is InChI=1S/C14H20FNO2/c1-9-7-6-8-11(12(9)15)10(2)16-13(17)18-14(3,4)5/h6-8,10H,1-5H3,(H,16,17)/t10-/m1/s1. The van der Waals surface area contributed by atoms with E-state index in [9.17, 15) is 9.18 Å². The van der Waals surface area contributed by atoms with E-state index in [-0.39, 0.29) is 5.82 Å². The Morgan fingerprint density at radius 1 is 1.39 bits per heavy atom. The van der Waals surface area contributed by atoms with Crippen molar-refractivity contribution in [2.75, 3.05) is 0 Å². The molecule has 4 heteroatoms. The van der Waals surface area contributed by atoms with Gasteiger partial charge in [-0.3, -0.25) is 0 Å². The van der Waals surface area contributed by atoms with E-state index in [0.29, 0.717) is 11.1 Å². The van der Waals surface area contributed by atoms with Crippen molar-refractivity contribution >= 4 is 6.09 Å². The van der Waals surface area contributed by atoms with Crippen LogP contribution in [0.25, 0.3) is 0 Å². The van der Waals surface area contributed by atoms with Crippen LogP contribution in [0.3, 0.4) is 0 Å². The van der Waals surface area contributed by atoms with Crippen molar-refractivity contribution in [3.05, 3.63) is 35.1 Å². The lowest BCUT2D eigenvalue weighted by Crippen LogP contribution is -2.34. The van der Waals surface area contributed by atoms with Gasteiger partial charge in [0, 0.05) is 5.56 Å². The van der Waals surface area contributed by atoms with Gasteiger partial charge in [0.2, 0.25) is 0 Å². The third-order valence-corrected chi connectivity index (χ3v) is 2.42. The molecule has 0 aliphatic rings. The number of carbonyl (C=O) groups excluding carboxylic acids is 1. The molecule has 1 aromatic carbocycles. The Hall–Kier alpha value is -1.58. The van der Waals surface area contributed by atoms with Crippen LogP contribution in [0.1, 0.15) is 44.9 Å². The maximum Gasteiger partial charge on any atom is 0.408 e. The number of aryl methyl sites for hydroxylation is 1. The number of benzene rings is 1. The van der Waals surface area contributed by atoms with Gasteiger partial charge >= 0.3 is 6.09 Å². The molecule has 1 atom stereocenters. The molecule has 1 N–H and O–H groups in total. The van der Waals surface area contributed by atoms with Gasteiger partial charge in [-0.2, -0.15) is 0 Å². The van der Waals surface area contributed by atoms with Crippen LogP contribution in [-0.4, -0.2) is 11.7 Å². The number of hydrogen-bond acceptors (Lipinski definition) is 2. The number of amides is 1. The molecule has 0 saturated carbocycles. The summed E-state index contributed by atoms with van der Waals surface area (Å²) in [5.41, 5.74) is 0.459. The molecule has 0 aliphatic heterocycles. The first kappa shape index (κ1) is 14.5. The van der Waals surface area contributed by atoms with Crippen molar-refractivity contribution in [1.29, 1.82) is 0 Å². The van der Waals surface area contributed by atoms with E-state index in [1.165, 1.54) is 0 Å². The average Bonchev–Trinajstić information content (AvgIpc) is 2.18. The first-order valence-electron chi connectivity index (χ1n) is 5.95. The molecule has 1 aromatic rings. The summed E-state index contributed by atoms with van der Waals surface area (Å²) in [5, 5.41) is 2.62. The average molecular weight is 253 g/mol.